The molecule has 0 radical (unpaired) electrons. The fourth-order valence-corrected chi connectivity index (χ4v) is 2.29. The smallest absolute Gasteiger partial charge is 0.410 e. The Morgan fingerprint density at radius 1 is 1.33 bits per heavy atom. The molecule has 2 rings (SSSR count). The van der Waals surface area contributed by atoms with Gasteiger partial charge in [0.1, 0.15) is 12.6 Å². The van der Waals surface area contributed by atoms with Gasteiger partial charge in [-0.2, -0.15) is 0 Å². The summed E-state index contributed by atoms with van der Waals surface area (Å²) < 4.78 is 10.0. The number of rotatable bonds is 3. The number of benzene rings is 1. The zero-order valence-corrected chi connectivity index (χ0v) is 12.1. The second-order valence-electron chi connectivity index (χ2n) is 4.98. The van der Waals surface area contributed by atoms with Crippen LogP contribution in [0.25, 0.3) is 0 Å². The third-order valence-electron chi connectivity index (χ3n) is 3.48. The van der Waals surface area contributed by atoms with Gasteiger partial charge in [0.05, 0.1) is 7.11 Å². The summed E-state index contributed by atoms with van der Waals surface area (Å²) in [6.45, 7) is 4.49. The first-order valence-electron chi connectivity index (χ1n) is 6.83. The molecular weight excluding hydrogens is 270 g/mol. The molecular formula is C16H19NO4. The second kappa shape index (κ2) is 6.92. The summed E-state index contributed by atoms with van der Waals surface area (Å²) in [6.07, 6.45) is 0.600. The molecule has 0 N–H and O–H groups in total. The molecule has 1 aliphatic rings. The van der Waals surface area contributed by atoms with E-state index >= 15 is 0 Å². The van der Waals surface area contributed by atoms with Gasteiger partial charge in [-0.3, -0.25) is 4.90 Å². The van der Waals surface area contributed by atoms with Gasteiger partial charge in [0.25, 0.3) is 0 Å². The third-order valence-corrected chi connectivity index (χ3v) is 3.48. The van der Waals surface area contributed by atoms with Crippen molar-refractivity contribution in [3.63, 3.8) is 0 Å². The molecule has 5 nitrogen and oxygen atoms in total. The maximum Gasteiger partial charge on any atom is 0.410 e. The van der Waals surface area contributed by atoms with Crippen LogP contribution in [0.3, 0.4) is 0 Å². The molecule has 0 aliphatic carbocycles. The van der Waals surface area contributed by atoms with Crippen molar-refractivity contribution in [3.8, 4) is 0 Å². The molecule has 112 valence electrons. The minimum absolute atomic E-state index is 0.186. The number of methoxy groups -OCH3 is 1. The van der Waals surface area contributed by atoms with Gasteiger partial charge in [-0.25, -0.2) is 9.59 Å². The van der Waals surface area contributed by atoms with Crippen molar-refractivity contribution in [2.45, 2.75) is 25.5 Å². The number of carbonyl (C=O) groups excluding carboxylic acids is 2. The lowest BCUT2D eigenvalue weighted by Crippen LogP contribution is -2.49. The van der Waals surface area contributed by atoms with Gasteiger partial charge < -0.3 is 9.47 Å². The van der Waals surface area contributed by atoms with E-state index in [0.29, 0.717) is 19.4 Å². The minimum atomic E-state index is -0.639. The maximum absolute atomic E-state index is 12.2. The van der Waals surface area contributed by atoms with Crippen LogP contribution in [-0.2, 0) is 20.9 Å². The van der Waals surface area contributed by atoms with E-state index in [9.17, 15) is 9.59 Å². The van der Waals surface area contributed by atoms with Gasteiger partial charge in [-0.1, -0.05) is 42.5 Å². The van der Waals surface area contributed by atoms with Crippen molar-refractivity contribution in [2.75, 3.05) is 13.7 Å². The highest BCUT2D eigenvalue weighted by Crippen LogP contribution is 2.22. The van der Waals surface area contributed by atoms with Crippen LogP contribution in [0.5, 0.6) is 0 Å². The average Bonchev–Trinajstić information content (AvgIpc) is 2.52. The lowest BCUT2D eigenvalue weighted by molar-refractivity contribution is -0.147. The Morgan fingerprint density at radius 2 is 2.05 bits per heavy atom. The predicted octanol–water partition coefficient (Wildman–Crippen LogP) is 2.52. The van der Waals surface area contributed by atoms with E-state index < -0.39 is 18.1 Å². The number of esters is 1. The fourth-order valence-electron chi connectivity index (χ4n) is 2.29. The van der Waals surface area contributed by atoms with Crippen molar-refractivity contribution in [1.82, 2.24) is 4.90 Å². The number of nitrogens with zero attached hydrogens (tertiary/aromatic N) is 1. The summed E-state index contributed by atoms with van der Waals surface area (Å²) in [5.74, 6) is -0.437. The normalized spacial score (nSPS) is 18.2. The van der Waals surface area contributed by atoms with Gasteiger partial charge in [0.15, 0.2) is 0 Å². The van der Waals surface area contributed by atoms with Crippen molar-refractivity contribution < 1.29 is 19.1 Å². The molecule has 1 amide bonds. The van der Waals surface area contributed by atoms with Crippen molar-refractivity contribution >= 4 is 12.1 Å². The zero-order chi connectivity index (χ0) is 15.2. The van der Waals surface area contributed by atoms with Crippen LogP contribution in [0.15, 0.2) is 42.5 Å². The summed E-state index contributed by atoms with van der Waals surface area (Å²) in [5.41, 5.74) is 1.85. The molecule has 1 atom stereocenters. The number of hydrogen-bond donors (Lipinski definition) is 0. The molecule has 0 saturated carbocycles. The quantitative estimate of drug-likeness (QED) is 0.634. The highest BCUT2D eigenvalue weighted by molar-refractivity contribution is 5.82. The summed E-state index contributed by atoms with van der Waals surface area (Å²) in [6, 6.07) is 8.78. The predicted molar refractivity (Wildman–Crippen MR) is 77.5 cm³/mol. The standard InChI is InChI=1S/C16H19NO4/c1-12-8-9-17(14(10-12)15(18)20-2)16(19)21-11-13-6-4-3-5-7-13/h3-7,14H,1,8-11H2,2H3/t14-/m0/s1. The van der Waals surface area contributed by atoms with Crippen LogP contribution in [0.4, 0.5) is 4.79 Å². The van der Waals surface area contributed by atoms with Gasteiger partial charge in [-0.05, 0) is 18.4 Å². The number of likely N-dealkylation sites (tertiary alicyclic amines) is 1. The summed E-state index contributed by atoms with van der Waals surface area (Å²) in [5, 5.41) is 0. The summed E-state index contributed by atoms with van der Waals surface area (Å²) >= 11 is 0. The fraction of sp³-hybridized carbons (Fsp3) is 0.375. The van der Waals surface area contributed by atoms with E-state index in [1.54, 1.807) is 0 Å². The minimum Gasteiger partial charge on any atom is -0.467 e. The first kappa shape index (κ1) is 15.1. The molecule has 0 spiro atoms. The van der Waals surface area contributed by atoms with E-state index in [1.807, 2.05) is 30.3 Å². The monoisotopic (exact) mass is 289 g/mol. The number of carbonyl (C=O) groups is 2. The third kappa shape index (κ3) is 3.84. The first-order chi connectivity index (χ1) is 10.1. The Balaban J connectivity index is 1.99. The molecule has 1 heterocycles. The molecule has 1 aliphatic heterocycles. The van der Waals surface area contributed by atoms with Crippen LogP contribution >= 0.6 is 0 Å². The van der Waals surface area contributed by atoms with Crippen molar-refractivity contribution in [2.24, 2.45) is 0 Å². The molecule has 0 bridgehead atoms. The molecule has 21 heavy (non-hydrogen) atoms. The Labute approximate surface area is 124 Å². The highest BCUT2D eigenvalue weighted by Gasteiger charge is 2.35. The number of hydrogen-bond acceptors (Lipinski definition) is 4. The van der Waals surface area contributed by atoms with E-state index in [-0.39, 0.29) is 6.61 Å². The molecule has 1 aromatic rings. The number of amides is 1. The van der Waals surface area contributed by atoms with Gasteiger partial charge in [0, 0.05) is 6.54 Å². The average molecular weight is 289 g/mol. The van der Waals surface area contributed by atoms with E-state index in [0.717, 1.165) is 11.1 Å². The van der Waals surface area contributed by atoms with E-state index in [1.165, 1.54) is 12.0 Å². The second-order valence-corrected chi connectivity index (χ2v) is 4.98. The van der Waals surface area contributed by atoms with Crippen molar-refractivity contribution in [3.05, 3.63) is 48.0 Å². The molecule has 5 heteroatoms. The van der Waals surface area contributed by atoms with E-state index in [2.05, 4.69) is 6.58 Å². The zero-order valence-electron chi connectivity index (χ0n) is 12.1. The molecule has 0 unspecified atom stereocenters. The van der Waals surface area contributed by atoms with Crippen LogP contribution < -0.4 is 0 Å². The molecule has 1 fully saturated rings. The lowest BCUT2D eigenvalue weighted by atomic mass is 9.98. The Morgan fingerprint density at radius 3 is 2.71 bits per heavy atom. The first-order valence-corrected chi connectivity index (χ1v) is 6.83. The highest BCUT2D eigenvalue weighted by atomic mass is 16.6. The van der Waals surface area contributed by atoms with Crippen LogP contribution in [0.1, 0.15) is 18.4 Å². The number of piperidine rings is 1. The maximum atomic E-state index is 12.2. The van der Waals surface area contributed by atoms with E-state index in [4.69, 9.17) is 9.47 Å². The Hall–Kier alpha value is -2.30. The van der Waals surface area contributed by atoms with Crippen LogP contribution in [-0.4, -0.2) is 36.7 Å². The van der Waals surface area contributed by atoms with Gasteiger partial charge in [0.2, 0.25) is 0 Å². The topological polar surface area (TPSA) is 55.8 Å². The lowest BCUT2D eigenvalue weighted by Gasteiger charge is -2.33. The van der Waals surface area contributed by atoms with Gasteiger partial charge in [-0.15, -0.1) is 0 Å². The molecule has 0 aromatic heterocycles. The largest absolute Gasteiger partial charge is 0.467 e. The van der Waals surface area contributed by atoms with Crippen molar-refractivity contribution in [1.29, 1.82) is 0 Å². The SMILES string of the molecule is C=C1CCN(C(=O)OCc2ccccc2)[C@H](C(=O)OC)C1. The summed E-state index contributed by atoms with van der Waals surface area (Å²) in [7, 11) is 1.31. The number of ether oxygens (including phenoxy) is 2. The van der Waals surface area contributed by atoms with Gasteiger partial charge >= 0.3 is 12.1 Å². The Bertz CT molecular complexity index is 526. The van der Waals surface area contributed by atoms with Crippen LogP contribution in [0, 0.1) is 0 Å². The summed E-state index contributed by atoms with van der Waals surface area (Å²) in [4.78, 5) is 25.4. The molecule has 1 saturated heterocycles. The Kier molecular flexibility index (Phi) is 4.98. The molecule has 1 aromatic carbocycles. The van der Waals surface area contributed by atoms with Crippen LogP contribution in [0.2, 0.25) is 0 Å².